The summed E-state index contributed by atoms with van der Waals surface area (Å²) in [6.45, 7) is 0.396. The summed E-state index contributed by atoms with van der Waals surface area (Å²) in [6.07, 6.45) is 2.79. The molecule has 1 aromatic heterocycles. The summed E-state index contributed by atoms with van der Waals surface area (Å²) in [7, 11) is 0. The van der Waals surface area contributed by atoms with Gasteiger partial charge in [0.15, 0.2) is 0 Å². The first-order valence-electron chi connectivity index (χ1n) is 8.64. The van der Waals surface area contributed by atoms with Gasteiger partial charge in [-0.25, -0.2) is 4.39 Å². The van der Waals surface area contributed by atoms with Gasteiger partial charge in [-0.15, -0.1) is 0 Å². The van der Waals surface area contributed by atoms with E-state index < -0.39 is 6.10 Å². The molecule has 1 aliphatic rings. The number of anilines is 1. The largest absolute Gasteiger partial charge is 0.382 e. The van der Waals surface area contributed by atoms with Crippen molar-refractivity contribution >= 4 is 28.9 Å². The zero-order valence-corrected chi connectivity index (χ0v) is 15.4. The van der Waals surface area contributed by atoms with Crippen LogP contribution in [0.2, 0.25) is 5.02 Å². The highest BCUT2D eigenvalue weighted by molar-refractivity contribution is 6.34. The molecule has 1 N–H and O–H groups in total. The third-order valence-electron chi connectivity index (χ3n) is 4.28. The van der Waals surface area contributed by atoms with Gasteiger partial charge in [0.25, 0.3) is 5.91 Å². The Kier molecular flexibility index (Phi) is 5.08. The van der Waals surface area contributed by atoms with Gasteiger partial charge < -0.3 is 10.2 Å². The summed E-state index contributed by atoms with van der Waals surface area (Å²) < 4.78 is 14.9. The van der Waals surface area contributed by atoms with Crippen LogP contribution >= 0.6 is 11.6 Å². The standard InChI is InChI=1S/C20H16ClFN4O2/c21-17-7-2-1-6-16(17)18-9-19(28-25-18)20(27)24-15-10-23-26(12-15)11-13-4-3-5-14(22)8-13/h1-8,10,12,19H,9,11H2,(H,24,27)/t19-/m0/s1. The fourth-order valence-corrected chi connectivity index (χ4v) is 3.18. The number of amides is 1. The van der Waals surface area contributed by atoms with Crippen molar-refractivity contribution in [1.82, 2.24) is 9.78 Å². The average Bonchev–Trinajstić information content (AvgIpc) is 3.32. The van der Waals surface area contributed by atoms with Crippen LogP contribution in [-0.4, -0.2) is 27.5 Å². The molecule has 1 aliphatic heterocycles. The Labute approximate surface area is 165 Å². The summed E-state index contributed by atoms with van der Waals surface area (Å²) in [4.78, 5) is 17.7. The molecular weight excluding hydrogens is 383 g/mol. The Morgan fingerprint density at radius 2 is 2.14 bits per heavy atom. The molecule has 8 heteroatoms. The molecule has 0 aliphatic carbocycles. The fraction of sp³-hybridized carbons (Fsp3) is 0.150. The minimum Gasteiger partial charge on any atom is -0.382 e. The van der Waals surface area contributed by atoms with E-state index in [0.29, 0.717) is 29.4 Å². The molecule has 4 rings (SSSR count). The minimum absolute atomic E-state index is 0.300. The molecule has 28 heavy (non-hydrogen) atoms. The fourth-order valence-electron chi connectivity index (χ4n) is 2.93. The molecule has 1 atom stereocenters. The highest BCUT2D eigenvalue weighted by Crippen LogP contribution is 2.23. The van der Waals surface area contributed by atoms with Crippen LogP contribution in [0.5, 0.6) is 0 Å². The predicted molar refractivity (Wildman–Crippen MR) is 104 cm³/mol. The topological polar surface area (TPSA) is 68.5 Å². The monoisotopic (exact) mass is 398 g/mol. The third-order valence-corrected chi connectivity index (χ3v) is 4.61. The Balaban J connectivity index is 1.36. The molecule has 0 bridgehead atoms. The highest BCUT2D eigenvalue weighted by atomic mass is 35.5. The van der Waals surface area contributed by atoms with E-state index >= 15 is 0 Å². The van der Waals surface area contributed by atoms with Gasteiger partial charge in [-0.05, 0) is 23.8 Å². The number of oxime groups is 1. The first-order valence-corrected chi connectivity index (χ1v) is 9.01. The molecule has 2 aromatic carbocycles. The van der Waals surface area contributed by atoms with Gasteiger partial charge in [0.1, 0.15) is 5.82 Å². The molecule has 3 aromatic rings. The number of hydrogen-bond donors (Lipinski definition) is 1. The van der Waals surface area contributed by atoms with Gasteiger partial charge in [0.2, 0.25) is 6.10 Å². The van der Waals surface area contributed by atoms with Crippen molar-refractivity contribution in [3.63, 3.8) is 0 Å². The number of rotatable bonds is 5. The van der Waals surface area contributed by atoms with E-state index in [0.717, 1.165) is 11.1 Å². The van der Waals surface area contributed by atoms with Gasteiger partial charge in [-0.3, -0.25) is 9.48 Å². The molecule has 142 valence electrons. The third kappa shape index (κ3) is 4.04. The molecule has 0 spiro atoms. The van der Waals surface area contributed by atoms with E-state index in [2.05, 4.69) is 15.6 Å². The second-order valence-electron chi connectivity index (χ2n) is 6.36. The number of hydrogen-bond acceptors (Lipinski definition) is 4. The molecule has 6 nitrogen and oxygen atoms in total. The van der Waals surface area contributed by atoms with E-state index in [9.17, 15) is 9.18 Å². The molecule has 1 amide bonds. The molecular formula is C20H16ClFN4O2. The quantitative estimate of drug-likeness (QED) is 0.709. The number of nitrogens with one attached hydrogen (secondary N) is 1. The number of aromatic nitrogens is 2. The molecule has 0 fully saturated rings. The first kappa shape index (κ1) is 18.2. The van der Waals surface area contributed by atoms with Crippen LogP contribution in [0.1, 0.15) is 17.5 Å². The van der Waals surface area contributed by atoms with Crippen molar-refractivity contribution < 1.29 is 14.0 Å². The van der Waals surface area contributed by atoms with Crippen LogP contribution in [0.25, 0.3) is 0 Å². The van der Waals surface area contributed by atoms with Gasteiger partial charge in [0, 0.05) is 23.2 Å². The lowest BCUT2D eigenvalue weighted by Crippen LogP contribution is -2.27. The zero-order chi connectivity index (χ0) is 19.5. The van der Waals surface area contributed by atoms with Gasteiger partial charge in [-0.1, -0.05) is 47.1 Å². The second kappa shape index (κ2) is 7.82. The van der Waals surface area contributed by atoms with Crippen molar-refractivity contribution in [3.8, 4) is 0 Å². The van der Waals surface area contributed by atoms with Crippen LogP contribution in [0.3, 0.4) is 0 Å². The maximum atomic E-state index is 13.3. The zero-order valence-electron chi connectivity index (χ0n) is 14.7. The average molecular weight is 399 g/mol. The predicted octanol–water partition coefficient (Wildman–Crippen LogP) is 3.86. The second-order valence-corrected chi connectivity index (χ2v) is 6.77. The minimum atomic E-state index is -0.738. The van der Waals surface area contributed by atoms with E-state index in [1.807, 2.05) is 24.3 Å². The summed E-state index contributed by atoms with van der Waals surface area (Å²) in [5.74, 6) is -0.623. The van der Waals surface area contributed by atoms with Crippen LogP contribution in [-0.2, 0) is 16.2 Å². The van der Waals surface area contributed by atoms with Crippen LogP contribution < -0.4 is 5.32 Å². The SMILES string of the molecule is O=C(Nc1cnn(Cc2cccc(F)c2)c1)[C@@H]1CC(c2ccccc2Cl)=NO1. The molecule has 0 saturated heterocycles. The summed E-state index contributed by atoms with van der Waals surface area (Å²) in [5.41, 5.74) is 2.68. The van der Waals surface area contributed by atoms with E-state index in [1.165, 1.54) is 18.3 Å². The Morgan fingerprint density at radius 1 is 1.29 bits per heavy atom. The van der Waals surface area contributed by atoms with Crippen molar-refractivity contribution in [2.75, 3.05) is 5.32 Å². The van der Waals surface area contributed by atoms with Crippen molar-refractivity contribution in [2.24, 2.45) is 5.16 Å². The Hall–Kier alpha value is -3.19. The van der Waals surface area contributed by atoms with Gasteiger partial charge in [-0.2, -0.15) is 5.10 Å². The van der Waals surface area contributed by atoms with E-state index in [-0.39, 0.29) is 11.7 Å². The molecule has 0 unspecified atom stereocenters. The van der Waals surface area contributed by atoms with Crippen molar-refractivity contribution in [2.45, 2.75) is 19.1 Å². The Bertz CT molecular complexity index is 1050. The first-order chi connectivity index (χ1) is 13.6. The molecule has 0 radical (unpaired) electrons. The maximum absolute atomic E-state index is 13.3. The number of carbonyl (C=O) groups excluding carboxylic acids is 1. The lowest BCUT2D eigenvalue weighted by Gasteiger charge is -2.08. The smallest absolute Gasteiger partial charge is 0.268 e. The van der Waals surface area contributed by atoms with Crippen LogP contribution in [0.4, 0.5) is 10.1 Å². The highest BCUT2D eigenvalue weighted by Gasteiger charge is 2.29. The van der Waals surface area contributed by atoms with Crippen molar-refractivity contribution in [1.29, 1.82) is 0 Å². The van der Waals surface area contributed by atoms with E-state index in [1.54, 1.807) is 23.0 Å². The number of carbonyl (C=O) groups is 1. The molecule has 0 saturated carbocycles. The summed E-state index contributed by atoms with van der Waals surface area (Å²) in [6, 6.07) is 13.6. The summed E-state index contributed by atoms with van der Waals surface area (Å²) in [5, 5.41) is 11.5. The van der Waals surface area contributed by atoms with Gasteiger partial charge >= 0.3 is 0 Å². The van der Waals surface area contributed by atoms with Crippen molar-refractivity contribution in [3.05, 3.63) is 82.9 Å². The number of halogens is 2. The van der Waals surface area contributed by atoms with Crippen LogP contribution in [0.15, 0.2) is 66.1 Å². The van der Waals surface area contributed by atoms with Gasteiger partial charge in [0.05, 0.1) is 24.1 Å². The Morgan fingerprint density at radius 3 is 2.96 bits per heavy atom. The number of benzene rings is 2. The van der Waals surface area contributed by atoms with Crippen LogP contribution in [0, 0.1) is 5.82 Å². The lowest BCUT2D eigenvalue weighted by atomic mass is 10.0. The maximum Gasteiger partial charge on any atom is 0.268 e. The lowest BCUT2D eigenvalue weighted by molar-refractivity contribution is -0.125. The normalized spacial score (nSPS) is 15.8. The molecule has 2 heterocycles. The summed E-state index contributed by atoms with van der Waals surface area (Å²) >= 11 is 6.17. The van der Waals surface area contributed by atoms with E-state index in [4.69, 9.17) is 16.4 Å². The number of nitrogens with zero attached hydrogens (tertiary/aromatic N) is 3.